The van der Waals surface area contributed by atoms with Crippen molar-refractivity contribution in [1.29, 1.82) is 5.26 Å². The van der Waals surface area contributed by atoms with E-state index in [4.69, 9.17) is 11.0 Å². The van der Waals surface area contributed by atoms with E-state index in [1.165, 1.54) is 11.8 Å². The molecule has 2 aromatic rings. The molecule has 1 aromatic carbocycles. The molecule has 0 bridgehead atoms. The molecule has 0 amide bonds. The Balaban J connectivity index is 2.47. The van der Waals surface area contributed by atoms with Gasteiger partial charge in [0.1, 0.15) is 0 Å². The van der Waals surface area contributed by atoms with Crippen LogP contribution in [-0.4, -0.2) is 4.98 Å². The number of benzene rings is 1. The number of fused-ring (bicyclic) bond motifs is 1. The molecule has 18 heavy (non-hydrogen) atoms. The number of hydrogen-bond donors (Lipinski definition) is 1. The van der Waals surface area contributed by atoms with Crippen LogP contribution < -0.4 is 5.73 Å². The van der Waals surface area contributed by atoms with Crippen LogP contribution in [0.2, 0.25) is 0 Å². The van der Waals surface area contributed by atoms with Gasteiger partial charge in [-0.3, -0.25) is 4.98 Å². The zero-order chi connectivity index (χ0) is 13.0. The number of hydrogen-bond acceptors (Lipinski definition) is 4. The Morgan fingerprint density at radius 3 is 2.89 bits per heavy atom. The van der Waals surface area contributed by atoms with Crippen molar-refractivity contribution < 1.29 is 0 Å². The van der Waals surface area contributed by atoms with Gasteiger partial charge in [0.05, 0.1) is 23.0 Å². The van der Waals surface area contributed by atoms with Crippen molar-refractivity contribution in [3.05, 3.63) is 53.2 Å². The molecule has 90 valence electrons. The minimum absolute atomic E-state index is 0.402. The quantitative estimate of drug-likeness (QED) is 0.912. The number of rotatable bonds is 4. The first-order valence-electron chi connectivity index (χ1n) is 5.52. The van der Waals surface area contributed by atoms with E-state index in [0.29, 0.717) is 11.4 Å². The number of nitriles is 1. The maximum absolute atomic E-state index is 8.82. The molecule has 0 radical (unpaired) electrons. The third-order valence-corrected chi connectivity index (χ3v) is 3.45. The van der Waals surface area contributed by atoms with Gasteiger partial charge in [0, 0.05) is 17.3 Å². The molecular weight excluding hydrogens is 242 g/mol. The third kappa shape index (κ3) is 2.63. The van der Waals surface area contributed by atoms with Crippen LogP contribution in [0.5, 0.6) is 0 Å². The molecule has 0 aliphatic heterocycles. The van der Waals surface area contributed by atoms with E-state index in [0.717, 1.165) is 27.8 Å². The van der Waals surface area contributed by atoms with Crippen LogP contribution in [-0.2, 0) is 12.2 Å². The first kappa shape index (κ1) is 12.5. The number of pyridine rings is 1. The highest BCUT2D eigenvalue weighted by Gasteiger charge is 2.07. The summed E-state index contributed by atoms with van der Waals surface area (Å²) < 4.78 is 0. The van der Waals surface area contributed by atoms with E-state index in [9.17, 15) is 0 Å². The zero-order valence-electron chi connectivity index (χ0n) is 9.89. The Morgan fingerprint density at radius 2 is 2.17 bits per heavy atom. The largest absolute Gasteiger partial charge is 0.394 e. The van der Waals surface area contributed by atoms with Gasteiger partial charge in [-0.25, -0.2) is 0 Å². The number of nitrogens with two attached hydrogens (primary N) is 1. The van der Waals surface area contributed by atoms with E-state index in [-0.39, 0.29) is 0 Å². The molecule has 0 atom stereocenters. The highest BCUT2D eigenvalue weighted by atomic mass is 32.2. The van der Waals surface area contributed by atoms with Crippen molar-refractivity contribution in [2.75, 3.05) is 0 Å². The van der Waals surface area contributed by atoms with Gasteiger partial charge >= 0.3 is 0 Å². The molecule has 0 saturated carbocycles. The Labute approximate surface area is 110 Å². The summed E-state index contributed by atoms with van der Waals surface area (Å²) in [7, 11) is 0. The second-order valence-electron chi connectivity index (χ2n) is 3.87. The van der Waals surface area contributed by atoms with Crippen LogP contribution in [0.25, 0.3) is 10.9 Å². The molecule has 0 aliphatic rings. The Morgan fingerprint density at radius 1 is 1.39 bits per heavy atom. The minimum Gasteiger partial charge on any atom is -0.394 e. The molecule has 2 rings (SSSR count). The van der Waals surface area contributed by atoms with E-state index >= 15 is 0 Å². The molecule has 0 spiro atoms. The van der Waals surface area contributed by atoms with Gasteiger partial charge in [-0.2, -0.15) is 5.26 Å². The van der Waals surface area contributed by atoms with Crippen LogP contribution in [0.1, 0.15) is 11.1 Å². The van der Waals surface area contributed by atoms with Crippen molar-refractivity contribution in [3.63, 3.8) is 0 Å². The fraction of sp³-hybridized carbons (Fsp3) is 0.143. The summed E-state index contributed by atoms with van der Waals surface area (Å²) in [6.07, 6.45) is 2.17. The lowest BCUT2D eigenvalue weighted by atomic mass is 10.0. The van der Waals surface area contributed by atoms with Crippen molar-refractivity contribution in [2.24, 2.45) is 5.73 Å². The van der Waals surface area contributed by atoms with Crippen molar-refractivity contribution >= 4 is 22.7 Å². The summed E-state index contributed by atoms with van der Waals surface area (Å²) in [6, 6.07) is 10.1. The second kappa shape index (κ2) is 5.56. The fourth-order valence-corrected chi connectivity index (χ4v) is 2.39. The summed E-state index contributed by atoms with van der Waals surface area (Å²) in [5, 5.41) is 10.5. The monoisotopic (exact) mass is 255 g/mol. The van der Waals surface area contributed by atoms with Crippen LogP contribution in [0, 0.1) is 11.3 Å². The predicted octanol–water partition coefficient (Wildman–Crippen LogP) is 2.96. The van der Waals surface area contributed by atoms with Crippen molar-refractivity contribution in [1.82, 2.24) is 4.98 Å². The van der Waals surface area contributed by atoms with Gasteiger partial charge in [0.2, 0.25) is 0 Å². The molecule has 1 heterocycles. The lowest BCUT2D eigenvalue weighted by Gasteiger charge is -2.08. The summed E-state index contributed by atoms with van der Waals surface area (Å²) in [5.41, 5.74) is 8.64. The first-order chi connectivity index (χ1) is 8.72. The Bertz CT molecular complexity index is 628. The zero-order valence-corrected chi connectivity index (χ0v) is 10.7. The summed E-state index contributed by atoms with van der Waals surface area (Å²) >= 11 is 1.50. The average Bonchev–Trinajstić information content (AvgIpc) is 2.38. The van der Waals surface area contributed by atoms with Crippen LogP contribution in [0.15, 0.2) is 42.1 Å². The van der Waals surface area contributed by atoms with Crippen molar-refractivity contribution in [3.8, 4) is 6.07 Å². The molecule has 0 saturated heterocycles. The number of aromatic nitrogens is 1. The molecular formula is C14H13N3S. The second-order valence-corrected chi connectivity index (χ2v) is 4.97. The summed E-state index contributed by atoms with van der Waals surface area (Å²) in [4.78, 5) is 4.41. The molecule has 3 nitrogen and oxygen atoms in total. The standard InChI is InChI=1S/C14H13N3S/c1-10(16)18-9-12-5-4-11(6-7-15)13-3-2-8-17-14(12)13/h2-5,8H,1,6,9,16H2. The van der Waals surface area contributed by atoms with Crippen LogP contribution >= 0.6 is 11.8 Å². The Kier molecular flexibility index (Phi) is 3.85. The highest BCUT2D eigenvalue weighted by molar-refractivity contribution is 8.02. The van der Waals surface area contributed by atoms with E-state index in [1.807, 2.05) is 24.3 Å². The van der Waals surface area contributed by atoms with Crippen LogP contribution in [0.4, 0.5) is 0 Å². The average molecular weight is 255 g/mol. The van der Waals surface area contributed by atoms with E-state index < -0.39 is 0 Å². The molecule has 1 aromatic heterocycles. The third-order valence-electron chi connectivity index (χ3n) is 2.63. The molecule has 4 heteroatoms. The smallest absolute Gasteiger partial charge is 0.0745 e. The maximum atomic E-state index is 8.82. The molecule has 2 N–H and O–H groups in total. The van der Waals surface area contributed by atoms with E-state index in [1.54, 1.807) is 6.20 Å². The normalized spacial score (nSPS) is 10.2. The Hall–Kier alpha value is -1.99. The maximum Gasteiger partial charge on any atom is 0.0745 e. The molecule has 0 unspecified atom stereocenters. The van der Waals surface area contributed by atoms with Crippen LogP contribution in [0.3, 0.4) is 0 Å². The highest BCUT2D eigenvalue weighted by Crippen LogP contribution is 2.25. The topological polar surface area (TPSA) is 62.7 Å². The fourth-order valence-electron chi connectivity index (χ4n) is 1.82. The van der Waals surface area contributed by atoms with Crippen molar-refractivity contribution in [2.45, 2.75) is 12.2 Å². The lowest BCUT2D eigenvalue weighted by Crippen LogP contribution is -1.94. The lowest BCUT2D eigenvalue weighted by molar-refractivity contribution is 1.26. The van der Waals surface area contributed by atoms with Gasteiger partial charge in [-0.15, -0.1) is 11.8 Å². The first-order valence-corrected chi connectivity index (χ1v) is 6.50. The van der Waals surface area contributed by atoms with Gasteiger partial charge in [0.25, 0.3) is 0 Å². The summed E-state index contributed by atoms with van der Waals surface area (Å²) in [5.74, 6) is 0.746. The summed E-state index contributed by atoms with van der Waals surface area (Å²) in [6.45, 7) is 3.67. The minimum atomic E-state index is 0.402. The predicted molar refractivity (Wildman–Crippen MR) is 75.7 cm³/mol. The number of nitrogens with zero attached hydrogens (tertiary/aromatic N) is 2. The van der Waals surface area contributed by atoms with Gasteiger partial charge in [-0.1, -0.05) is 24.8 Å². The van der Waals surface area contributed by atoms with Gasteiger partial charge < -0.3 is 5.73 Å². The SMILES string of the molecule is C=C(N)SCc1ccc(CC#N)c2cccnc12. The van der Waals surface area contributed by atoms with Gasteiger partial charge in [0.15, 0.2) is 0 Å². The van der Waals surface area contributed by atoms with Gasteiger partial charge in [-0.05, 0) is 17.2 Å². The molecule has 0 fully saturated rings. The van der Waals surface area contributed by atoms with E-state index in [2.05, 4.69) is 17.6 Å². The molecule has 0 aliphatic carbocycles. The number of thioether (sulfide) groups is 1.